The molecule has 2 heterocycles. The standard InChI is InChI=1S/C34H26ClN3O5S2/c1-20-4-2-5-22(16-20)18-43-27-14-10-23(11-15-27)30(40)28-29(24-6-3-7-26(39)17-24)38(32(42)31(28)41)33-36-37-34(45-33)44-19-21-8-12-25(35)13-9-21/h2-17,29,39-40H,18-19H2,1H3/b30-28+. The molecule has 1 unspecified atom stereocenters. The predicted octanol–water partition coefficient (Wildman–Crippen LogP) is 7.70. The highest BCUT2D eigenvalue weighted by Crippen LogP contribution is 2.44. The van der Waals surface area contributed by atoms with Crippen LogP contribution in [0.5, 0.6) is 11.5 Å². The van der Waals surface area contributed by atoms with E-state index in [0.717, 1.165) is 28.0 Å². The van der Waals surface area contributed by atoms with Crippen molar-refractivity contribution in [3.8, 4) is 11.5 Å². The first kappa shape index (κ1) is 30.4. The highest BCUT2D eigenvalue weighted by Gasteiger charge is 2.48. The smallest absolute Gasteiger partial charge is 0.301 e. The number of amides is 1. The van der Waals surface area contributed by atoms with Gasteiger partial charge in [-0.05, 0) is 72.1 Å². The second-order valence-electron chi connectivity index (χ2n) is 10.3. The van der Waals surface area contributed by atoms with Crippen molar-refractivity contribution in [3.63, 3.8) is 0 Å². The molecule has 226 valence electrons. The Labute approximate surface area is 272 Å². The number of carbonyl (C=O) groups excluding carboxylic acids is 2. The molecule has 0 aliphatic carbocycles. The minimum atomic E-state index is -1.04. The van der Waals surface area contributed by atoms with Crippen LogP contribution < -0.4 is 9.64 Å². The maximum atomic E-state index is 13.5. The zero-order valence-corrected chi connectivity index (χ0v) is 26.3. The quantitative estimate of drug-likeness (QED) is 0.0546. The first-order valence-corrected chi connectivity index (χ1v) is 16.0. The van der Waals surface area contributed by atoms with E-state index in [-0.39, 0.29) is 22.2 Å². The third-order valence-electron chi connectivity index (χ3n) is 7.12. The van der Waals surface area contributed by atoms with Gasteiger partial charge < -0.3 is 14.9 Å². The van der Waals surface area contributed by atoms with Crippen LogP contribution in [0.4, 0.5) is 5.13 Å². The van der Waals surface area contributed by atoms with Crippen molar-refractivity contribution in [3.05, 3.63) is 135 Å². The Morgan fingerprint density at radius 3 is 2.44 bits per heavy atom. The van der Waals surface area contributed by atoms with Gasteiger partial charge in [-0.1, -0.05) is 88.8 Å². The molecule has 0 radical (unpaired) electrons. The minimum absolute atomic E-state index is 0.0512. The molecular weight excluding hydrogens is 630 g/mol. The number of phenols is 1. The van der Waals surface area contributed by atoms with Crippen LogP contribution >= 0.6 is 34.7 Å². The molecule has 1 aliphatic heterocycles. The number of aryl methyl sites for hydroxylation is 1. The molecule has 0 bridgehead atoms. The number of ketones is 1. The number of hydrogen-bond acceptors (Lipinski definition) is 9. The number of aliphatic hydroxyl groups is 1. The van der Waals surface area contributed by atoms with Gasteiger partial charge in [-0.15, -0.1) is 10.2 Å². The monoisotopic (exact) mass is 655 g/mol. The van der Waals surface area contributed by atoms with Crippen molar-refractivity contribution in [2.75, 3.05) is 4.90 Å². The van der Waals surface area contributed by atoms with Gasteiger partial charge in [-0.3, -0.25) is 14.5 Å². The third kappa shape index (κ3) is 6.73. The SMILES string of the molecule is Cc1cccc(COc2ccc(/C(O)=C3\C(=O)C(=O)N(c4nnc(SCc5ccc(Cl)cc5)s4)C3c3cccc(O)c3)cc2)c1. The molecule has 6 rings (SSSR count). The van der Waals surface area contributed by atoms with E-state index in [9.17, 15) is 19.8 Å². The molecule has 1 saturated heterocycles. The fraction of sp³-hybridized carbons (Fsp3) is 0.118. The van der Waals surface area contributed by atoms with E-state index in [4.69, 9.17) is 16.3 Å². The fourth-order valence-electron chi connectivity index (χ4n) is 4.96. The molecule has 0 saturated carbocycles. The summed E-state index contributed by atoms with van der Waals surface area (Å²) in [6, 6.07) is 27.3. The number of Topliss-reactive ketones (excluding diaryl/α,β-unsaturated/α-hetero) is 1. The van der Waals surface area contributed by atoms with E-state index in [2.05, 4.69) is 10.2 Å². The van der Waals surface area contributed by atoms with E-state index in [1.165, 1.54) is 28.8 Å². The number of rotatable bonds is 9. The second kappa shape index (κ2) is 13.2. The van der Waals surface area contributed by atoms with Crippen LogP contribution in [0.15, 0.2) is 107 Å². The first-order chi connectivity index (χ1) is 21.8. The lowest BCUT2D eigenvalue weighted by atomic mass is 9.95. The lowest BCUT2D eigenvalue weighted by Crippen LogP contribution is -2.29. The molecule has 0 spiro atoms. The van der Waals surface area contributed by atoms with Gasteiger partial charge in [-0.2, -0.15) is 0 Å². The summed E-state index contributed by atoms with van der Waals surface area (Å²) in [4.78, 5) is 28.3. The number of carbonyl (C=O) groups is 2. The van der Waals surface area contributed by atoms with Crippen LogP contribution in [0.2, 0.25) is 5.02 Å². The number of hydrogen-bond donors (Lipinski definition) is 2. The van der Waals surface area contributed by atoms with E-state index in [1.807, 2.05) is 55.5 Å². The van der Waals surface area contributed by atoms with Gasteiger partial charge in [0.15, 0.2) is 4.34 Å². The number of nitrogens with zero attached hydrogens (tertiary/aromatic N) is 3. The number of aromatic nitrogens is 2. The van der Waals surface area contributed by atoms with Crippen molar-refractivity contribution in [2.45, 2.75) is 29.7 Å². The van der Waals surface area contributed by atoms with Crippen LogP contribution in [-0.4, -0.2) is 32.1 Å². The average molecular weight is 656 g/mol. The molecule has 1 aromatic heterocycles. The van der Waals surface area contributed by atoms with Crippen molar-refractivity contribution >= 4 is 57.3 Å². The largest absolute Gasteiger partial charge is 0.508 e. The summed E-state index contributed by atoms with van der Waals surface area (Å²) in [7, 11) is 0. The number of thioether (sulfide) groups is 1. The van der Waals surface area contributed by atoms with E-state index < -0.39 is 17.7 Å². The molecule has 8 nitrogen and oxygen atoms in total. The van der Waals surface area contributed by atoms with Crippen LogP contribution in [0.25, 0.3) is 5.76 Å². The zero-order valence-electron chi connectivity index (χ0n) is 23.9. The zero-order chi connectivity index (χ0) is 31.5. The van der Waals surface area contributed by atoms with E-state index in [1.54, 1.807) is 36.4 Å². The Balaban J connectivity index is 1.29. The number of halogens is 1. The predicted molar refractivity (Wildman–Crippen MR) is 176 cm³/mol. The Kier molecular flexibility index (Phi) is 8.88. The molecule has 1 fully saturated rings. The molecule has 5 aromatic rings. The van der Waals surface area contributed by atoms with Gasteiger partial charge in [0.05, 0.1) is 11.6 Å². The van der Waals surface area contributed by atoms with Crippen molar-refractivity contribution < 1.29 is 24.5 Å². The van der Waals surface area contributed by atoms with Gasteiger partial charge in [0.1, 0.15) is 23.9 Å². The Morgan fingerprint density at radius 2 is 1.71 bits per heavy atom. The molecule has 1 aliphatic rings. The minimum Gasteiger partial charge on any atom is -0.508 e. The van der Waals surface area contributed by atoms with Crippen molar-refractivity contribution in [1.82, 2.24) is 10.2 Å². The summed E-state index contributed by atoms with van der Waals surface area (Å²) in [6.07, 6.45) is 0. The Morgan fingerprint density at radius 1 is 0.956 bits per heavy atom. The molecule has 1 amide bonds. The number of ether oxygens (including phenoxy) is 1. The van der Waals surface area contributed by atoms with Crippen molar-refractivity contribution in [2.24, 2.45) is 0 Å². The summed E-state index contributed by atoms with van der Waals surface area (Å²) in [5.74, 6) is -0.943. The first-order valence-electron chi connectivity index (χ1n) is 13.9. The number of benzene rings is 4. The molecule has 4 aromatic carbocycles. The lowest BCUT2D eigenvalue weighted by molar-refractivity contribution is -0.132. The Hall–Kier alpha value is -4.64. The molecule has 2 N–H and O–H groups in total. The molecule has 45 heavy (non-hydrogen) atoms. The topological polar surface area (TPSA) is 113 Å². The average Bonchev–Trinajstić information content (AvgIpc) is 3.61. The van der Waals surface area contributed by atoms with Gasteiger partial charge in [0.2, 0.25) is 5.13 Å². The van der Waals surface area contributed by atoms with Gasteiger partial charge >= 0.3 is 5.91 Å². The van der Waals surface area contributed by atoms with Crippen LogP contribution in [0, 0.1) is 6.92 Å². The van der Waals surface area contributed by atoms with Gasteiger partial charge in [0.25, 0.3) is 5.78 Å². The molecular formula is C34H26ClN3O5S2. The molecule has 1 atom stereocenters. The van der Waals surface area contributed by atoms with Crippen LogP contribution in [-0.2, 0) is 21.9 Å². The molecule has 11 heteroatoms. The summed E-state index contributed by atoms with van der Waals surface area (Å²) >= 11 is 8.58. The fourth-order valence-corrected chi connectivity index (χ4v) is 6.91. The number of anilines is 1. The van der Waals surface area contributed by atoms with Gasteiger partial charge in [-0.25, -0.2) is 0 Å². The van der Waals surface area contributed by atoms with Gasteiger partial charge in [0, 0.05) is 16.3 Å². The maximum absolute atomic E-state index is 13.5. The number of aromatic hydroxyl groups is 1. The maximum Gasteiger partial charge on any atom is 0.301 e. The van der Waals surface area contributed by atoms with Crippen LogP contribution in [0.3, 0.4) is 0 Å². The normalized spacial score (nSPS) is 15.9. The highest BCUT2D eigenvalue weighted by molar-refractivity contribution is 8.00. The number of phenolic OH excluding ortho intramolecular Hbond substituents is 1. The van der Waals surface area contributed by atoms with Crippen LogP contribution in [0.1, 0.15) is 33.9 Å². The van der Waals surface area contributed by atoms with E-state index >= 15 is 0 Å². The van der Waals surface area contributed by atoms with Crippen molar-refractivity contribution in [1.29, 1.82) is 0 Å². The summed E-state index contributed by atoms with van der Waals surface area (Å²) in [6.45, 7) is 2.39. The lowest BCUT2D eigenvalue weighted by Gasteiger charge is -2.22. The second-order valence-corrected chi connectivity index (χ2v) is 12.9. The Bertz CT molecular complexity index is 1910. The summed E-state index contributed by atoms with van der Waals surface area (Å²) in [5.41, 5.74) is 3.83. The van der Waals surface area contributed by atoms with E-state index in [0.29, 0.717) is 38.6 Å². The third-order valence-corrected chi connectivity index (χ3v) is 9.50. The highest BCUT2D eigenvalue weighted by atomic mass is 35.5. The summed E-state index contributed by atoms with van der Waals surface area (Å²) < 4.78 is 6.50. The summed E-state index contributed by atoms with van der Waals surface area (Å²) in [5, 5.41) is 31.0. The number of aliphatic hydroxyl groups excluding tert-OH is 1.